The van der Waals surface area contributed by atoms with Crippen molar-refractivity contribution in [3.8, 4) is 17.2 Å². The van der Waals surface area contributed by atoms with Crippen LogP contribution in [0, 0.1) is 5.92 Å². The van der Waals surface area contributed by atoms with Crippen LogP contribution in [-0.4, -0.2) is 49.0 Å². The molecule has 198 valence electrons. The molecular weight excluding hydrogens is 506 g/mol. The van der Waals surface area contributed by atoms with E-state index < -0.39 is 34.7 Å². The lowest BCUT2D eigenvalue weighted by Gasteiger charge is -2.39. The maximum atomic E-state index is 14.5. The van der Waals surface area contributed by atoms with Crippen molar-refractivity contribution >= 4 is 23.3 Å². The SMILES string of the molecule is CCOc1cc(OCC)c2c(c1)O[C@@]1(c3ccc(Cl)cc3)[C@H](c3ccccc3)[C@@H](C(=O)N(C)C)C(=O)[C@@]21O. The van der Waals surface area contributed by atoms with Crippen LogP contribution in [0.3, 0.4) is 0 Å². The summed E-state index contributed by atoms with van der Waals surface area (Å²) in [7, 11) is 3.19. The van der Waals surface area contributed by atoms with E-state index in [-0.39, 0.29) is 23.7 Å². The minimum absolute atomic E-state index is 0.192. The number of amides is 1. The Bertz CT molecular complexity index is 1380. The Labute approximate surface area is 226 Å². The van der Waals surface area contributed by atoms with E-state index in [2.05, 4.69) is 0 Å². The van der Waals surface area contributed by atoms with Gasteiger partial charge in [-0.1, -0.05) is 54.1 Å². The molecule has 3 aromatic carbocycles. The first-order chi connectivity index (χ1) is 18.2. The number of carbonyl (C=O) groups is 2. The zero-order chi connectivity index (χ0) is 27.2. The first-order valence-electron chi connectivity index (χ1n) is 12.6. The number of aliphatic hydroxyl groups is 1. The molecule has 1 saturated carbocycles. The molecule has 0 unspecified atom stereocenters. The molecular formula is C30H30ClNO6. The van der Waals surface area contributed by atoms with E-state index in [1.807, 2.05) is 44.2 Å². The van der Waals surface area contributed by atoms with Crippen LogP contribution in [0.5, 0.6) is 17.2 Å². The largest absolute Gasteiger partial charge is 0.494 e. The van der Waals surface area contributed by atoms with Crippen LogP contribution in [-0.2, 0) is 20.8 Å². The van der Waals surface area contributed by atoms with Gasteiger partial charge >= 0.3 is 0 Å². The van der Waals surface area contributed by atoms with Crippen LogP contribution in [0.15, 0.2) is 66.7 Å². The topological polar surface area (TPSA) is 85.3 Å². The smallest absolute Gasteiger partial charge is 0.233 e. The highest BCUT2D eigenvalue weighted by Gasteiger charge is 2.78. The molecule has 4 atom stereocenters. The average molecular weight is 536 g/mol. The van der Waals surface area contributed by atoms with Gasteiger partial charge in [-0.2, -0.15) is 0 Å². The molecule has 0 bridgehead atoms. The maximum Gasteiger partial charge on any atom is 0.233 e. The third-order valence-electron chi connectivity index (χ3n) is 7.37. The number of Topliss-reactive ketones (excluding diaryl/α,β-unsaturated/α-hetero) is 1. The van der Waals surface area contributed by atoms with Gasteiger partial charge in [0.2, 0.25) is 11.5 Å². The number of ether oxygens (including phenoxy) is 3. The molecule has 8 heteroatoms. The summed E-state index contributed by atoms with van der Waals surface area (Å²) in [4.78, 5) is 29.6. The predicted molar refractivity (Wildman–Crippen MR) is 143 cm³/mol. The van der Waals surface area contributed by atoms with Crippen molar-refractivity contribution in [3.63, 3.8) is 0 Å². The van der Waals surface area contributed by atoms with E-state index >= 15 is 0 Å². The molecule has 7 nitrogen and oxygen atoms in total. The Kier molecular flexibility index (Phi) is 6.61. The second-order valence-corrected chi connectivity index (χ2v) is 10.1. The van der Waals surface area contributed by atoms with Gasteiger partial charge in [-0.25, -0.2) is 0 Å². The lowest BCUT2D eigenvalue weighted by molar-refractivity contribution is -0.153. The minimum atomic E-state index is -2.25. The van der Waals surface area contributed by atoms with Gasteiger partial charge in [0.15, 0.2) is 11.4 Å². The fourth-order valence-corrected chi connectivity index (χ4v) is 6.05. The Hall–Kier alpha value is -3.55. The van der Waals surface area contributed by atoms with Crippen molar-refractivity contribution in [3.05, 3.63) is 88.4 Å². The lowest BCUT2D eigenvalue weighted by Crippen LogP contribution is -2.50. The highest BCUT2D eigenvalue weighted by atomic mass is 35.5. The summed E-state index contributed by atoms with van der Waals surface area (Å²) in [5.74, 6) is -2.14. The van der Waals surface area contributed by atoms with Crippen LogP contribution >= 0.6 is 11.6 Å². The summed E-state index contributed by atoms with van der Waals surface area (Å²) in [6.45, 7) is 4.36. The van der Waals surface area contributed by atoms with Gasteiger partial charge in [0.1, 0.15) is 23.2 Å². The van der Waals surface area contributed by atoms with Crippen molar-refractivity contribution in [2.75, 3.05) is 27.3 Å². The quantitative estimate of drug-likeness (QED) is 0.442. The van der Waals surface area contributed by atoms with Crippen molar-refractivity contribution < 1.29 is 28.9 Å². The molecule has 3 aromatic rings. The fraction of sp³-hybridized carbons (Fsp3) is 0.333. The molecule has 38 heavy (non-hydrogen) atoms. The Morgan fingerprint density at radius 2 is 1.68 bits per heavy atom. The van der Waals surface area contributed by atoms with Gasteiger partial charge in [-0.15, -0.1) is 0 Å². The highest BCUT2D eigenvalue weighted by Crippen LogP contribution is 2.69. The zero-order valence-electron chi connectivity index (χ0n) is 21.7. The number of carbonyl (C=O) groups excluding carboxylic acids is 2. The zero-order valence-corrected chi connectivity index (χ0v) is 22.5. The van der Waals surface area contributed by atoms with Gasteiger partial charge in [-0.3, -0.25) is 9.59 Å². The standard InChI is InChI=1S/C30H30ClNO6/c1-5-36-21-16-22(37-6-2)26-23(17-21)38-30(19-12-14-20(31)15-13-19)25(18-10-8-7-9-11-18)24(28(34)32(3)4)27(33)29(26,30)35/h7-17,24-25,35H,5-6H2,1-4H3/t24-,25-,29+,30+/m1/s1. The number of hydrogen-bond donors (Lipinski definition) is 1. The number of fused-ring (bicyclic) bond motifs is 3. The number of rotatable bonds is 7. The fourth-order valence-electron chi connectivity index (χ4n) is 5.93. The summed E-state index contributed by atoms with van der Waals surface area (Å²) in [5, 5.41) is 13.3. The summed E-state index contributed by atoms with van der Waals surface area (Å²) >= 11 is 6.24. The van der Waals surface area contributed by atoms with Crippen LogP contribution in [0.4, 0.5) is 0 Å². The molecule has 0 spiro atoms. The summed E-state index contributed by atoms with van der Waals surface area (Å²) in [6, 6.07) is 19.4. The van der Waals surface area contributed by atoms with Crippen molar-refractivity contribution in [1.82, 2.24) is 4.90 Å². The van der Waals surface area contributed by atoms with Crippen LogP contribution in [0.1, 0.15) is 36.5 Å². The average Bonchev–Trinajstić information content (AvgIpc) is 3.27. The molecule has 0 aromatic heterocycles. The molecule has 0 radical (unpaired) electrons. The van der Waals surface area contributed by atoms with E-state index in [4.69, 9.17) is 25.8 Å². The summed E-state index contributed by atoms with van der Waals surface area (Å²) in [6.07, 6.45) is 0. The minimum Gasteiger partial charge on any atom is -0.494 e. The molecule has 2 aliphatic rings. The van der Waals surface area contributed by atoms with Gasteiger partial charge in [-0.05, 0) is 37.1 Å². The Morgan fingerprint density at radius 3 is 2.29 bits per heavy atom. The van der Waals surface area contributed by atoms with Crippen LogP contribution in [0.2, 0.25) is 5.02 Å². The molecule has 1 N–H and O–H groups in total. The second kappa shape index (κ2) is 9.64. The molecule has 1 heterocycles. The molecule has 0 saturated heterocycles. The monoisotopic (exact) mass is 535 g/mol. The first-order valence-corrected chi connectivity index (χ1v) is 13.0. The Balaban J connectivity index is 1.89. The van der Waals surface area contributed by atoms with E-state index in [1.165, 1.54) is 4.90 Å². The lowest BCUT2D eigenvalue weighted by atomic mass is 9.70. The summed E-state index contributed by atoms with van der Waals surface area (Å²) in [5.41, 5.74) is -2.55. The van der Waals surface area contributed by atoms with Crippen LogP contribution in [0.25, 0.3) is 0 Å². The number of benzene rings is 3. The molecule has 1 aliphatic heterocycles. The number of nitrogens with zero attached hydrogens (tertiary/aromatic N) is 1. The van der Waals surface area contributed by atoms with E-state index in [0.29, 0.717) is 28.5 Å². The molecule has 1 aliphatic carbocycles. The predicted octanol–water partition coefficient (Wildman–Crippen LogP) is 4.68. The van der Waals surface area contributed by atoms with Crippen molar-refractivity contribution in [2.24, 2.45) is 5.92 Å². The van der Waals surface area contributed by atoms with E-state index in [0.717, 1.165) is 0 Å². The van der Waals surface area contributed by atoms with Gasteiger partial charge in [0.25, 0.3) is 0 Å². The molecule has 5 rings (SSSR count). The first kappa shape index (κ1) is 26.1. The molecule has 1 amide bonds. The van der Waals surface area contributed by atoms with Gasteiger partial charge < -0.3 is 24.2 Å². The number of halogens is 1. The third-order valence-corrected chi connectivity index (χ3v) is 7.62. The van der Waals surface area contributed by atoms with E-state index in [1.54, 1.807) is 50.5 Å². The highest BCUT2D eigenvalue weighted by molar-refractivity contribution is 6.30. The van der Waals surface area contributed by atoms with Gasteiger partial charge in [0.05, 0.1) is 24.7 Å². The summed E-state index contributed by atoms with van der Waals surface area (Å²) < 4.78 is 18.5. The van der Waals surface area contributed by atoms with Crippen molar-refractivity contribution in [1.29, 1.82) is 0 Å². The normalized spacial score (nSPS) is 25.4. The number of hydrogen-bond acceptors (Lipinski definition) is 6. The number of ketones is 1. The van der Waals surface area contributed by atoms with Crippen LogP contribution < -0.4 is 14.2 Å². The third kappa shape index (κ3) is 3.60. The van der Waals surface area contributed by atoms with E-state index in [9.17, 15) is 14.7 Å². The van der Waals surface area contributed by atoms with Gasteiger partial charge in [0, 0.05) is 31.3 Å². The maximum absolute atomic E-state index is 14.5. The molecule has 1 fully saturated rings. The Morgan fingerprint density at radius 1 is 1.03 bits per heavy atom. The van der Waals surface area contributed by atoms with Crippen molar-refractivity contribution in [2.45, 2.75) is 31.0 Å². The second-order valence-electron chi connectivity index (χ2n) is 9.68.